The van der Waals surface area contributed by atoms with Gasteiger partial charge in [0.1, 0.15) is 12.4 Å². The predicted molar refractivity (Wildman–Crippen MR) is 76.1 cm³/mol. The van der Waals surface area contributed by atoms with Crippen molar-refractivity contribution in [3.8, 4) is 0 Å². The number of benzene rings is 1. The molecule has 0 aliphatic carbocycles. The average Bonchev–Trinajstić information content (AvgIpc) is 2.31. The molecule has 1 rings (SSSR count). The summed E-state index contributed by atoms with van der Waals surface area (Å²) in [6.45, 7) is 5.36. The molecule has 0 fully saturated rings. The maximum absolute atomic E-state index is 13.0. The number of carbonyl (C=O) groups excluding carboxylic acids is 2. The van der Waals surface area contributed by atoms with Gasteiger partial charge in [-0.1, -0.05) is 0 Å². The van der Waals surface area contributed by atoms with E-state index in [9.17, 15) is 14.0 Å². The fraction of sp³-hybridized carbons (Fsp3) is 0.429. The van der Waals surface area contributed by atoms with Gasteiger partial charge in [-0.3, -0.25) is 4.79 Å². The van der Waals surface area contributed by atoms with Crippen molar-refractivity contribution in [2.75, 3.05) is 18.9 Å². The molecular weight excluding hydrogens is 261 g/mol. The maximum atomic E-state index is 13.0. The first kappa shape index (κ1) is 15.9. The number of nitrogens with zero attached hydrogens (tertiary/aromatic N) is 1. The van der Waals surface area contributed by atoms with Crippen molar-refractivity contribution in [1.82, 2.24) is 10.2 Å². The molecule has 0 spiro atoms. The molecule has 5 nitrogen and oxygen atoms in total. The van der Waals surface area contributed by atoms with Crippen LogP contribution in [-0.2, 0) is 4.79 Å². The third kappa shape index (κ3) is 4.87. The fourth-order valence-corrected chi connectivity index (χ4v) is 1.63. The molecule has 0 atom stereocenters. The number of anilines is 1. The number of amides is 3. The minimum Gasteiger partial charge on any atom is -0.352 e. The van der Waals surface area contributed by atoms with Crippen molar-refractivity contribution >= 4 is 17.6 Å². The van der Waals surface area contributed by atoms with Crippen LogP contribution in [0.15, 0.2) is 18.2 Å². The molecule has 0 unspecified atom stereocenters. The van der Waals surface area contributed by atoms with Crippen molar-refractivity contribution in [2.45, 2.75) is 26.8 Å². The van der Waals surface area contributed by atoms with Crippen molar-refractivity contribution in [3.63, 3.8) is 0 Å². The summed E-state index contributed by atoms with van der Waals surface area (Å²) >= 11 is 0. The van der Waals surface area contributed by atoms with E-state index in [4.69, 9.17) is 0 Å². The SMILES string of the molecule is Cc1cc(F)ccc1NC(=O)N(C)CC(=O)NC(C)C. The smallest absolute Gasteiger partial charge is 0.322 e. The van der Waals surface area contributed by atoms with Gasteiger partial charge in [-0.2, -0.15) is 0 Å². The van der Waals surface area contributed by atoms with E-state index in [0.717, 1.165) is 0 Å². The highest BCUT2D eigenvalue weighted by atomic mass is 19.1. The van der Waals surface area contributed by atoms with Crippen LogP contribution >= 0.6 is 0 Å². The molecule has 0 saturated heterocycles. The van der Waals surface area contributed by atoms with Crippen molar-refractivity contribution in [2.24, 2.45) is 0 Å². The molecular formula is C14H20FN3O2. The van der Waals surface area contributed by atoms with Crippen LogP contribution in [0.4, 0.5) is 14.9 Å². The summed E-state index contributed by atoms with van der Waals surface area (Å²) in [5.74, 6) is -0.585. The van der Waals surface area contributed by atoms with Crippen LogP contribution in [0.1, 0.15) is 19.4 Å². The first-order chi connectivity index (χ1) is 9.29. The second-order valence-corrected chi connectivity index (χ2v) is 4.97. The van der Waals surface area contributed by atoms with Gasteiger partial charge in [-0.25, -0.2) is 9.18 Å². The van der Waals surface area contributed by atoms with E-state index in [1.54, 1.807) is 6.92 Å². The molecule has 0 heterocycles. The predicted octanol–water partition coefficient (Wildman–Crippen LogP) is 2.12. The topological polar surface area (TPSA) is 61.4 Å². The van der Waals surface area contributed by atoms with Crippen LogP contribution in [0.25, 0.3) is 0 Å². The third-order valence-corrected chi connectivity index (χ3v) is 2.61. The Balaban J connectivity index is 2.59. The molecule has 0 saturated carbocycles. The van der Waals surface area contributed by atoms with Gasteiger partial charge in [-0.15, -0.1) is 0 Å². The monoisotopic (exact) mass is 281 g/mol. The number of carbonyl (C=O) groups is 2. The molecule has 2 N–H and O–H groups in total. The average molecular weight is 281 g/mol. The summed E-state index contributed by atoms with van der Waals surface area (Å²) < 4.78 is 13.0. The zero-order valence-corrected chi connectivity index (χ0v) is 12.2. The largest absolute Gasteiger partial charge is 0.352 e. The molecule has 3 amide bonds. The second kappa shape index (κ2) is 6.88. The van der Waals surface area contributed by atoms with Gasteiger partial charge in [0.25, 0.3) is 0 Å². The fourth-order valence-electron chi connectivity index (χ4n) is 1.63. The Morgan fingerprint density at radius 2 is 2.00 bits per heavy atom. The van der Waals surface area contributed by atoms with Crippen LogP contribution in [-0.4, -0.2) is 36.5 Å². The summed E-state index contributed by atoms with van der Waals surface area (Å²) in [5, 5.41) is 5.34. The van der Waals surface area contributed by atoms with E-state index in [1.165, 1.54) is 30.1 Å². The molecule has 1 aromatic rings. The van der Waals surface area contributed by atoms with E-state index in [0.29, 0.717) is 11.3 Å². The van der Waals surface area contributed by atoms with Crippen molar-refractivity contribution < 1.29 is 14.0 Å². The van der Waals surface area contributed by atoms with Gasteiger partial charge >= 0.3 is 6.03 Å². The van der Waals surface area contributed by atoms with E-state index < -0.39 is 6.03 Å². The second-order valence-electron chi connectivity index (χ2n) is 4.97. The number of halogens is 1. The molecule has 0 aliphatic heterocycles. The van der Waals surface area contributed by atoms with Gasteiger partial charge in [0.15, 0.2) is 0 Å². The minimum atomic E-state index is -0.418. The van der Waals surface area contributed by atoms with Crippen molar-refractivity contribution in [3.05, 3.63) is 29.6 Å². The normalized spacial score (nSPS) is 10.3. The Labute approximate surface area is 118 Å². The van der Waals surface area contributed by atoms with Crippen LogP contribution in [0.5, 0.6) is 0 Å². The number of rotatable bonds is 4. The van der Waals surface area contributed by atoms with E-state index in [-0.39, 0.29) is 24.3 Å². The number of nitrogens with one attached hydrogen (secondary N) is 2. The molecule has 0 aromatic heterocycles. The van der Waals surface area contributed by atoms with Gasteiger partial charge in [0.2, 0.25) is 5.91 Å². The summed E-state index contributed by atoms with van der Waals surface area (Å²) in [4.78, 5) is 24.7. The molecule has 0 aliphatic rings. The quantitative estimate of drug-likeness (QED) is 0.888. The Hall–Kier alpha value is -2.11. The summed E-state index contributed by atoms with van der Waals surface area (Å²) in [6, 6.07) is 3.71. The number of aryl methyl sites for hydroxylation is 1. The first-order valence-electron chi connectivity index (χ1n) is 6.37. The Bertz CT molecular complexity index is 503. The molecule has 110 valence electrons. The molecule has 20 heavy (non-hydrogen) atoms. The Morgan fingerprint density at radius 3 is 2.55 bits per heavy atom. The number of likely N-dealkylation sites (N-methyl/N-ethyl adjacent to an activating group) is 1. The van der Waals surface area contributed by atoms with Crippen LogP contribution in [0, 0.1) is 12.7 Å². The standard InChI is InChI=1S/C14H20FN3O2/c1-9(2)16-13(19)8-18(4)14(20)17-12-6-5-11(15)7-10(12)3/h5-7,9H,8H2,1-4H3,(H,16,19)(H,17,20). The zero-order valence-electron chi connectivity index (χ0n) is 12.2. The van der Waals surface area contributed by atoms with Crippen LogP contribution in [0.3, 0.4) is 0 Å². The lowest BCUT2D eigenvalue weighted by atomic mass is 10.2. The lowest BCUT2D eigenvalue weighted by molar-refractivity contribution is -0.121. The molecule has 0 bridgehead atoms. The van der Waals surface area contributed by atoms with Gasteiger partial charge in [-0.05, 0) is 44.5 Å². The molecule has 6 heteroatoms. The first-order valence-corrected chi connectivity index (χ1v) is 6.37. The van der Waals surface area contributed by atoms with E-state index >= 15 is 0 Å². The number of hydrogen-bond acceptors (Lipinski definition) is 2. The highest BCUT2D eigenvalue weighted by Crippen LogP contribution is 2.15. The van der Waals surface area contributed by atoms with E-state index in [1.807, 2.05) is 13.8 Å². The highest BCUT2D eigenvalue weighted by molar-refractivity contribution is 5.92. The molecule has 1 aromatic carbocycles. The van der Waals surface area contributed by atoms with Gasteiger partial charge in [0, 0.05) is 18.8 Å². The highest BCUT2D eigenvalue weighted by Gasteiger charge is 2.14. The summed E-state index contributed by atoms with van der Waals surface area (Å²) in [7, 11) is 1.52. The minimum absolute atomic E-state index is 0.0262. The summed E-state index contributed by atoms with van der Waals surface area (Å²) in [5.41, 5.74) is 1.14. The summed E-state index contributed by atoms with van der Waals surface area (Å²) in [6.07, 6.45) is 0. The number of urea groups is 1. The van der Waals surface area contributed by atoms with E-state index in [2.05, 4.69) is 10.6 Å². The lowest BCUT2D eigenvalue weighted by Gasteiger charge is -2.19. The van der Waals surface area contributed by atoms with Crippen molar-refractivity contribution in [1.29, 1.82) is 0 Å². The third-order valence-electron chi connectivity index (χ3n) is 2.61. The number of hydrogen-bond donors (Lipinski definition) is 2. The maximum Gasteiger partial charge on any atom is 0.322 e. The van der Waals surface area contributed by atoms with Crippen LogP contribution in [0.2, 0.25) is 0 Å². The van der Waals surface area contributed by atoms with Crippen LogP contribution < -0.4 is 10.6 Å². The lowest BCUT2D eigenvalue weighted by Crippen LogP contribution is -2.42. The Kier molecular flexibility index (Phi) is 5.49. The zero-order chi connectivity index (χ0) is 15.3. The van der Waals surface area contributed by atoms with Gasteiger partial charge < -0.3 is 15.5 Å². The van der Waals surface area contributed by atoms with Gasteiger partial charge in [0.05, 0.1) is 0 Å². The molecule has 0 radical (unpaired) electrons. The Morgan fingerprint density at radius 1 is 1.35 bits per heavy atom.